The Bertz CT molecular complexity index is 658. The second kappa shape index (κ2) is 7.71. The molecule has 0 heterocycles. The first-order valence-corrected chi connectivity index (χ1v) is 7.38. The lowest BCUT2D eigenvalue weighted by molar-refractivity contribution is -0.118. The molecular weight excluding hydrogens is 302 g/mol. The van der Waals surface area contributed by atoms with Crippen LogP contribution in [0.25, 0.3) is 0 Å². The van der Waals surface area contributed by atoms with Crippen molar-refractivity contribution in [1.29, 1.82) is 0 Å². The van der Waals surface area contributed by atoms with E-state index >= 15 is 0 Å². The van der Waals surface area contributed by atoms with Gasteiger partial charge in [-0.1, -0.05) is 29.8 Å². The average molecular weight is 320 g/mol. The molecule has 2 aromatic rings. The van der Waals surface area contributed by atoms with Gasteiger partial charge in [0, 0.05) is 0 Å². The third-order valence-corrected chi connectivity index (χ3v) is 3.22. The zero-order valence-corrected chi connectivity index (χ0v) is 13.3. The molecule has 5 heteroatoms. The molecular formula is C17H18ClNO3. The van der Waals surface area contributed by atoms with Crippen molar-refractivity contribution >= 4 is 23.2 Å². The second-order valence-electron chi connectivity index (χ2n) is 4.70. The number of nitrogens with one attached hydrogen (secondary N) is 1. The molecule has 0 bridgehead atoms. The van der Waals surface area contributed by atoms with Crippen LogP contribution < -0.4 is 14.8 Å². The molecule has 116 valence electrons. The van der Waals surface area contributed by atoms with E-state index in [-0.39, 0.29) is 12.5 Å². The molecule has 2 aromatic carbocycles. The van der Waals surface area contributed by atoms with Gasteiger partial charge in [-0.3, -0.25) is 4.79 Å². The summed E-state index contributed by atoms with van der Waals surface area (Å²) in [5, 5.41) is 3.23. The van der Waals surface area contributed by atoms with Crippen LogP contribution in [0.4, 0.5) is 5.69 Å². The Labute approximate surface area is 135 Å². The van der Waals surface area contributed by atoms with E-state index in [0.29, 0.717) is 28.8 Å². The Hall–Kier alpha value is -2.20. The molecule has 0 radical (unpaired) electrons. The number of rotatable bonds is 6. The lowest BCUT2D eigenvalue weighted by Gasteiger charge is -2.12. The Morgan fingerprint density at radius 1 is 1.14 bits per heavy atom. The van der Waals surface area contributed by atoms with E-state index in [1.807, 2.05) is 32.0 Å². The summed E-state index contributed by atoms with van der Waals surface area (Å²) in [4.78, 5) is 12.0. The van der Waals surface area contributed by atoms with Crippen molar-refractivity contribution in [2.45, 2.75) is 13.8 Å². The normalized spacial score (nSPS) is 10.1. The molecule has 0 aliphatic carbocycles. The highest BCUT2D eigenvalue weighted by atomic mass is 35.5. The number of benzene rings is 2. The van der Waals surface area contributed by atoms with E-state index in [1.54, 1.807) is 24.3 Å². The minimum absolute atomic E-state index is 0.117. The van der Waals surface area contributed by atoms with Crippen LogP contribution in [0.5, 0.6) is 11.5 Å². The van der Waals surface area contributed by atoms with E-state index in [4.69, 9.17) is 21.1 Å². The SMILES string of the molecule is CCOc1ccccc1OCC(=O)Nc1ccc(C)cc1Cl. The maximum absolute atomic E-state index is 12.0. The van der Waals surface area contributed by atoms with Gasteiger partial charge >= 0.3 is 0 Å². The minimum Gasteiger partial charge on any atom is -0.490 e. The highest BCUT2D eigenvalue weighted by Crippen LogP contribution is 2.26. The molecule has 4 nitrogen and oxygen atoms in total. The van der Waals surface area contributed by atoms with Crippen LogP contribution in [0.3, 0.4) is 0 Å². The predicted molar refractivity (Wildman–Crippen MR) is 87.9 cm³/mol. The van der Waals surface area contributed by atoms with Crippen molar-refractivity contribution in [2.75, 3.05) is 18.5 Å². The lowest BCUT2D eigenvalue weighted by atomic mass is 10.2. The van der Waals surface area contributed by atoms with E-state index in [2.05, 4.69) is 5.32 Å². The van der Waals surface area contributed by atoms with Crippen LogP contribution in [0.2, 0.25) is 5.02 Å². The zero-order chi connectivity index (χ0) is 15.9. The molecule has 0 unspecified atom stereocenters. The number of para-hydroxylation sites is 2. The zero-order valence-electron chi connectivity index (χ0n) is 12.6. The fourth-order valence-corrected chi connectivity index (χ4v) is 2.18. The maximum Gasteiger partial charge on any atom is 0.262 e. The van der Waals surface area contributed by atoms with E-state index in [1.165, 1.54) is 0 Å². The third-order valence-electron chi connectivity index (χ3n) is 2.91. The van der Waals surface area contributed by atoms with Crippen LogP contribution in [0, 0.1) is 6.92 Å². The summed E-state index contributed by atoms with van der Waals surface area (Å²) in [6.07, 6.45) is 0. The molecule has 1 amide bonds. The maximum atomic E-state index is 12.0. The van der Waals surface area contributed by atoms with E-state index < -0.39 is 0 Å². The van der Waals surface area contributed by atoms with Gasteiger partial charge in [-0.05, 0) is 43.7 Å². The Morgan fingerprint density at radius 3 is 2.45 bits per heavy atom. The number of halogens is 1. The average Bonchev–Trinajstić information content (AvgIpc) is 2.49. The number of anilines is 1. The monoisotopic (exact) mass is 319 g/mol. The Morgan fingerprint density at radius 2 is 1.82 bits per heavy atom. The summed E-state index contributed by atoms with van der Waals surface area (Å²) >= 11 is 6.08. The van der Waals surface area contributed by atoms with Gasteiger partial charge in [-0.15, -0.1) is 0 Å². The number of hydrogen-bond acceptors (Lipinski definition) is 3. The molecule has 0 spiro atoms. The fourth-order valence-electron chi connectivity index (χ4n) is 1.90. The van der Waals surface area contributed by atoms with Gasteiger partial charge in [-0.2, -0.15) is 0 Å². The van der Waals surface area contributed by atoms with E-state index in [9.17, 15) is 4.79 Å². The summed E-state index contributed by atoms with van der Waals surface area (Å²) < 4.78 is 10.9. The molecule has 0 aliphatic heterocycles. The van der Waals surface area contributed by atoms with Crippen LogP contribution in [0.15, 0.2) is 42.5 Å². The quantitative estimate of drug-likeness (QED) is 0.873. The molecule has 1 N–H and O–H groups in total. The summed E-state index contributed by atoms with van der Waals surface area (Å²) in [6, 6.07) is 12.7. The summed E-state index contributed by atoms with van der Waals surface area (Å²) in [6.45, 7) is 4.24. The smallest absolute Gasteiger partial charge is 0.262 e. The Kier molecular flexibility index (Phi) is 5.67. The van der Waals surface area contributed by atoms with E-state index in [0.717, 1.165) is 5.56 Å². The number of amides is 1. The number of carbonyl (C=O) groups excluding carboxylic acids is 1. The van der Waals surface area contributed by atoms with Crippen LogP contribution >= 0.6 is 11.6 Å². The van der Waals surface area contributed by atoms with Crippen LogP contribution in [0.1, 0.15) is 12.5 Å². The van der Waals surface area contributed by atoms with Gasteiger partial charge in [0.05, 0.1) is 17.3 Å². The standard InChI is InChI=1S/C17H18ClNO3/c1-3-21-15-6-4-5-7-16(15)22-11-17(20)19-14-9-8-12(2)10-13(14)18/h4-10H,3,11H2,1-2H3,(H,19,20). The molecule has 0 aromatic heterocycles. The van der Waals surface area contributed by atoms with Crippen molar-refractivity contribution in [3.8, 4) is 11.5 Å². The summed E-state index contributed by atoms with van der Waals surface area (Å²) in [5.74, 6) is 0.873. The van der Waals surface area contributed by atoms with Crippen molar-refractivity contribution in [1.82, 2.24) is 0 Å². The van der Waals surface area contributed by atoms with Crippen LogP contribution in [-0.2, 0) is 4.79 Å². The largest absolute Gasteiger partial charge is 0.490 e. The van der Waals surface area contributed by atoms with Crippen molar-refractivity contribution < 1.29 is 14.3 Å². The molecule has 0 saturated carbocycles. The van der Waals surface area contributed by atoms with Gasteiger partial charge in [0.15, 0.2) is 18.1 Å². The molecule has 22 heavy (non-hydrogen) atoms. The predicted octanol–water partition coefficient (Wildman–Crippen LogP) is 4.06. The van der Waals surface area contributed by atoms with Gasteiger partial charge < -0.3 is 14.8 Å². The highest BCUT2D eigenvalue weighted by Gasteiger charge is 2.09. The summed E-state index contributed by atoms with van der Waals surface area (Å²) in [7, 11) is 0. The van der Waals surface area contributed by atoms with Gasteiger partial charge in [-0.25, -0.2) is 0 Å². The fraction of sp³-hybridized carbons (Fsp3) is 0.235. The van der Waals surface area contributed by atoms with Gasteiger partial charge in [0.25, 0.3) is 5.91 Å². The van der Waals surface area contributed by atoms with Crippen molar-refractivity contribution in [3.63, 3.8) is 0 Å². The number of carbonyl (C=O) groups is 1. The molecule has 0 fully saturated rings. The number of hydrogen-bond donors (Lipinski definition) is 1. The van der Waals surface area contributed by atoms with Crippen molar-refractivity contribution in [3.05, 3.63) is 53.1 Å². The lowest BCUT2D eigenvalue weighted by Crippen LogP contribution is -2.20. The topological polar surface area (TPSA) is 47.6 Å². The first kappa shape index (κ1) is 16.2. The minimum atomic E-state index is -0.281. The number of ether oxygens (including phenoxy) is 2. The molecule has 2 rings (SSSR count). The first-order valence-electron chi connectivity index (χ1n) is 7.00. The van der Waals surface area contributed by atoms with Crippen molar-refractivity contribution in [2.24, 2.45) is 0 Å². The second-order valence-corrected chi connectivity index (χ2v) is 5.11. The first-order chi connectivity index (χ1) is 10.6. The number of aryl methyl sites for hydroxylation is 1. The summed E-state index contributed by atoms with van der Waals surface area (Å²) in [5.41, 5.74) is 1.60. The van der Waals surface area contributed by atoms with Crippen LogP contribution in [-0.4, -0.2) is 19.1 Å². The molecule has 0 saturated heterocycles. The highest BCUT2D eigenvalue weighted by molar-refractivity contribution is 6.33. The molecule has 0 aliphatic rings. The Balaban J connectivity index is 1.95. The third kappa shape index (κ3) is 4.40. The van der Waals surface area contributed by atoms with Gasteiger partial charge in [0.1, 0.15) is 0 Å². The van der Waals surface area contributed by atoms with Gasteiger partial charge in [0.2, 0.25) is 0 Å². The molecule has 0 atom stereocenters.